The molecule has 2 saturated heterocycles. The molecule has 0 spiro atoms. The van der Waals surface area contributed by atoms with Crippen molar-refractivity contribution in [1.82, 2.24) is 24.7 Å². The third-order valence-corrected chi connectivity index (χ3v) is 8.81. The lowest BCUT2D eigenvalue weighted by molar-refractivity contribution is -0.139. The molecule has 2 aromatic carbocycles. The highest BCUT2D eigenvalue weighted by Crippen LogP contribution is 2.28. The van der Waals surface area contributed by atoms with E-state index in [-0.39, 0.29) is 36.7 Å². The number of nitrogens with one attached hydrogen (secondary N) is 1. The summed E-state index contributed by atoms with van der Waals surface area (Å²) in [4.78, 5) is 40.9. The van der Waals surface area contributed by atoms with Gasteiger partial charge in [0, 0.05) is 48.3 Å². The molecule has 0 saturated carbocycles. The Bertz CT molecular complexity index is 1620. The van der Waals surface area contributed by atoms with E-state index >= 15 is 0 Å². The summed E-state index contributed by atoms with van der Waals surface area (Å²) in [5.41, 5.74) is 3.03. The number of benzene rings is 2. The molecule has 2 fully saturated rings. The van der Waals surface area contributed by atoms with Gasteiger partial charge < -0.3 is 29.2 Å². The summed E-state index contributed by atoms with van der Waals surface area (Å²) in [5.74, 6) is 0.739. The van der Waals surface area contributed by atoms with E-state index in [1.54, 1.807) is 35.1 Å². The molecule has 6 rings (SSSR count). The molecule has 2 aliphatic heterocycles. The first-order chi connectivity index (χ1) is 21.9. The third kappa shape index (κ3) is 7.25. The summed E-state index contributed by atoms with van der Waals surface area (Å²) < 4.78 is 35.6. The lowest BCUT2D eigenvalue weighted by atomic mass is 9.93. The van der Waals surface area contributed by atoms with Crippen LogP contribution in [0, 0.1) is 0 Å². The van der Waals surface area contributed by atoms with Crippen molar-refractivity contribution in [3.05, 3.63) is 89.9 Å². The number of nitrogens with zero attached hydrogens (tertiary/aromatic N) is 4. The van der Waals surface area contributed by atoms with E-state index < -0.39 is 6.61 Å². The van der Waals surface area contributed by atoms with Gasteiger partial charge in [0.1, 0.15) is 23.7 Å². The molecule has 0 bridgehead atoms. The van der Waals surface area contributed by atoms with Crippen LogP contribution in [-0.2, 0) is 11.3 Å². The molecule has 9 nitrogen and oxygen atoms in total. The summed E-state index contributed by atoms with van der Waals surface area (Å²) >= 11 is 0. The number of carbonyl (C=O) groups excluding carboxylic acids is 2. The van der Waals surface area contributed by atoms with Crippen molar-refractivity contribution < 1.29 is 27.8 Å². The van der Waals surface area contributed by atoms with Crippen LogP contribution < -0.4 is 9.47 Å². The molecule has 4 aromatic rings. The Balaban J connectivity index is 1.17. The number of hydrogen-bond donors (Lipinski definition) is 1. The van der Waals surface area contributed by atoms with E-state index in [0.717, 1.165) is 49.1 Å². The number of likely N-dealkylation sites (tertiary alicyclic amines) is 1. The average Bonchev–Trinajstić information content (AvgIpc) is 3.48. The fraction of sp³-hybridized carbons (Fsp3) is 0.382. The van der Waals surface area contributed by atoms with E-state index in [1.165, 1.54) is 12.1 Å². The highest BCUT2D eigenvalue weighted by atomic mass is 19.3. The van der Waals surface area contributed by atoms with E-state index in [2.05, 4.69) is 25.7 Å². The minimum absolute atomic E-state index is 0.0477. The Kier molecular flexibility index (Phi) is 9.25. The number of H-pyrrole nitrogens is 1. The predicted molar refractivity (Wildman–Crippen MR) is 165 cm³/mol. The molecule has 0 radical (unpaired) electrons. The van der Waals surface area contributed by atoms with Gasteiger partial charge in [-0.3, -0.25) is 14.6 Å². The minimum Gasteiger partial charge on any atom is -0.497 e. The smallest absolute Gasteiger partial charge is 0.387 e. The zero-order valence-electron chi connectivity index (χ0n) is 25.2. The number of ether oxygens (including phenoxy) is 2. The summed E-state index contributed by atoms with van der Waals surface area (Å²) in [5, 5.41) is 0.846. The Labute approximate surface area is 260 Å². The van der Waals surface area contributed by atoms with Crippen LogP contribution in [0.25, 0.3) is 10.9 Å². The number of hydrogen-bond acceptors (Lipinski definition) is 6. The first-order valence-corrected chi connectivity index (χ1v) is 15.3. The summed E-state index contributed by atoms with van der Waals surface area (Å²) in [6.07, 6.45) is 4.53. The van der Waals surface area contributed by atoms with Crippen molar-refractivity contribution in [2.24, 2.45) is 0 Å². The second-order valence-electron chi connectivity index (χ2n) is 11.7. The first-order valence-electron chi connectivity index (χ1n) is 15.3. The maximum Gasteiger partial charge on any atom is 0.387 e. The molecule has 0 unspecified atom stereocenters. The summed E-state index contributed by atoms with van der Waals surface area (Å²) in [6.45, 7) is 0.215. The average molecular weight is 618 g/mol. The second-order valence-corrected chi connectivity index (χ2v) is 11.7. The Morgan fingerprint density at radius 2 is 1.89 bits per heavy atom. The van der Waals surface area contributed by atoms with Crippen LogP contribution in [0.5, 0.6) is 11.5 Å². The molecule has 2 aliphatic rings. The minimum atomic E-state index is -2.93. The quantitative estimate of drug-likeness (QED) is 0.260. The van der Waals surface area contributed by atoms with Crippen molar-refractivity contribution in [3.63, 3.8) is 0 Å². The first kappa shape index (κ1) is 30.5. The van der Waals surface area contributed by atoms with Crippen LogP contribution >= 0.6 is 0 Å². The summed E-state index contributed by atoms with van der Waals surface area (Å²) in [6, 6.07) is 19.6. The molecule has 1 atom stereocenters. The molecule has 0 aliphatic carbocycles. The largest absolute Gasteiger partial charge is 0.497 e. The van der Waals surface area contributed by atoms with Crippen LogP contribution in [0.3, 0.4) is 0 Å². The molecule has 45 heavy (non-hydrogen) atoms. The lowest BCUT2D eigenvalue weighted by Gasteiger charge is -2.42. The number of piperazine rings is 1. The normalized spacial score (nSPS) is 18.1. The standard InChI is InChI=1S/C34H37F2N5O4/c1-44-27-8-9-30-25(18-27)19-31(38-30)33(43)40-21-26(12-16-39-14-10-24(11-15-39)29-7-2-3-13-37-29)41(32(42)22-40)20-23-5-4-6-28(17-23)45-34(35)36/h2-9,13,17-19,24,26,34,38H,10-12,14-16,20-22H2,1H3/t26-/m0/s1. The number of alkyl halides is 2. The van der Waals surface area contributed by atoms with Gasteiger partial charge in [0.05, 0.1) is 13.2 Å². The number of halogens is 2. The number of aromatic nitrogens is 2. The zero-order chi connectivity index (χ0) is 31.3. The predicted octanol–water partition coefficient (Wildman–Crippen LogP) is 5.30. The van der Waals surface area contributed by atoms with Gasteiger partial charge in [0.15, 0.2) is 0 Å². The van der Waals surface area contributed by atoms with E-state index in [0.29, 0.717) is 35.9 Å². The Hall–Kier alpha value is -4.51. The van der Waals surface area contributed by atoms with Crippen LogP contribution in [0.4, 0.5) is 8.78 Å². The molecule has 2 aromatic heterocycles. The Morgan fingerprint density at radius 1 is 1.04 bits per heavy atom. The SMILES string of the molecule is COc1ccc2[nH]c(C(=O)N3CC(=O)N(Cc4cccc(OC(F)F)c4)[C@@H](CCN4CCC(c5ccccn5)CC4)C3)cc2c1. The molecule has 1 N–H and O–H groups in total. The number of carbonyl (C=O) groups is 2. The number of piperidine rings is 1. The summed E-state index contributed by atoms with van der Waals surface area (Å²) in [7, 11) is 1.59. The maximum absolute atomic E-state index is 13.7. The van der Waals surface area contributed by atoms with Crippen molar-refractivity contribution in [2.75, 3.05) is 39.8 Å². The van der Waals surface area contributed by atoms with E-state index in [4.69, 9.17) is 4.74 Å². The zero-order valence-corrected chi connectivity index (χ0v) is 25.2. The fourth-order valence-corrected chi connectivity index (χ4v) is 6.44. The van der Waals surface area contributed by atoms with Crippen LogP contribution in [0.1, 0.15) is 46.9 Å². The van der Waals surface area contributed by atoms with Crippen molar-refractivity contribution in [1.29, 1.82) is 0 Å². The molecular weight excluding hydrogens is 580 g/mol. The van der Waals surface area contributed by atoms with Crippen LogP contribution in [-0.4, -0.2) is 89.0 Å². The number of pyridine rings is 1. The van der Waals surface area contributed by atoms with Gasteiger partial charge >= 0.3 is 6.61 Å². The molecule has 236 valence electrons. The number of amides is 2. The highest BCUT2D eigenvalue weighted by Gasteiger charge is 2.36. The van der Waals surface area contributed by atoms with Crippen molar-refractivity contribution >= 4 is 22.7 Å². The number of rotatable bonds is 10. The van der Waals surface area contributed by atoms with E-state index in [9.17, 15) is 18.4 Å². The molecule has 2 amide bonds. The third-order valence-electron chi connectivity index (χ3n) is 8.81. The van der Waals surface area contributed by atoms with Gasteiger partial charge in [0.2, 0.25) is 5.91 Å². The topological polar surface area (TPSA) is 91.0 Å². The molecular formula is C34H37F2N5O4. The molecule has 11 heteroatoms. The van der Waals surface area contributed by atoms with Gasteiger partial charge in [-0.15, -0.1) is 0 Å². The number of fused-ring (bicyclic) bond motifs is 1. The Morgan fingerprint density at radius 3 is 2.64 bits per heavy atom. The maximum atomic E-state index is 13.7. The van der Waals surface area contributed by atoms with Crippen molar-refractivity contribution in [2.45, 2.75) is 44.4 Å². The van der Waals surface area contributed by atoms with Crippen molar-refractivity contribution in [3.8, 4) is 11.5 Å². The van der Waals surface area contributed by atoms with Gasteiger partial charge in [-0.05, 0) is 86.4 Å². The number of methoxy groups -OCH3 is 1. The second kappa shape index (κ2) is 13.6. The monoisotopic (exact) mass is 617 g/mol. The van der Waals surface area contributed by atoms with Gasteiger partial charge in [-0.1, -0.05) is 18.2 Å². The highest BCUT2D eigenvalue weighted by molar-refractivity contribution is 6.00. The molecule has 4 heterocycles. The van der Waals surface area contributed by atoms with Crippen LogP contribution in [0.15, 0.2) is 72.9 Å². The lowest BCUT2D eigenvalue weighted by Crippen LogP contribution is -2.58. The van der Waals surface area contributed by atoms with Gasteiger partial charge in [-0.2, -0.15) is 8.78 Å². The van der Waals surface area contributed by atoms with Crippen LogP contribution in [0.2, 0.25) is 0 Å². The van der Waals surface area contributed by atoms with Gasteiger partial charge in [-0.25, -0.2) is 0 Å². The van der Waals surface area contributed by atoms with Gasteiger partial charge in [0.25, 0.3) is 5.91 Å². The fourth-order valence-electron chi connectivity index (χ4n) is 6.44. The van der Waals surface area contributed by atoms with E-state index in [1.807, 2.05) is 36.5 Å². The number of aromatic amines is 1.